The highest BCUT2D eigenvalue weighted by atomic mass is 15.2. The summed E-state index contributed by atoms with van der Waals surface area (Å²) in [7, 11) is 0. The summed E-state index contributed by atoms with van der Waals surface area (Å²) < 4.78 is 0. The molecule has 0 spiro atoms. The smallest absolute Gasteiger partial charge is 0.0239 e. The SMILES string of the molecule is c1ccc2c(c1)CC1CCCCN1C2. The predicted octanol–water partition coefficient (Wildman–Crippen LogP) is 2.60. The molecule has 1 aromatic rings. The highest BCUT2D eigenvalue weighted by Crippen LogP contribution is 2.28. The summed E-state index contributed by atoms with van der Waals surface area (Å²) in [5.41, 5.74) is 3.15. The van der Waals surface area contributed by atoms with Gasteiger partial charge in [-0.15, -0.1) is 0 Å². The first-order valence-electron chi connectivity index (χ1n) is 5.74. The van der Waals surface area contributed by atoms with E-state index < -0.39 is 0 Å². The highest BCUT2D eigenvalue weighted by molar-refractivity contribution is 5.30. The molecule has 0 amide bonds. The number of benzene rings is 1. The van der Waals surface area contributed by atoms with Gasteiger partial charge in [0.2, 0.25) is 0 Å². The van der Waals surface area contributed by atoms with Crippen LogP contribution in [-0.2, 0) is 13.0 Å². The Balaban J connectivity index is 1.91. The molecule has 1 heteroatoms. The lowest BCUT2D eigenvalue weighted by molar-refractivity contribution is 0.127. The van der Waals surface area contributed by atoms with Crippen molar-refractivity contribution in [3.8, 4) is 0 Å². The molecule has 3 rings (SSSR count). The normalized spacial score (nSPS) is 26.7. The fourth-order valence-corrected chi connectivity index (χ4v) is 2.88. The summed E-state index contributed by atoms with van der Waals surface area (Å²) in [6, 6.07) is 9.79. The first-order valence-corrected chi connectivity index (χ1v) is 5.74. The average Bonchev–Trinajstić information content (AvgIpc) is 2.26. The molecular formula is C13H17N. The maximum atomic E-state index is 2.67. The Morgan fingerprint density at radius 2 is 1.93 bits per heavy atom. The molecule has 2 heterocycles. The molecule has 1 atom stereocenters. The minimum absolute atomic E-state index is 0.846. The van der Waals surface area contributed by atoms with E-state index in [4.69, 9.17) is 0 Å². The van der Waals surface area contributed by atoms with E-state index >= 15 is 0 Å². The maximum absolute atomic E-state index is 2.67. The van der Waals surface area contributed by atoms with Crippen LogP contribution in [0.4, 0.5) is 0 Å². The van der Waals surface area contributed by atoms with Crippen molar-refractivity contribution in [2.45, 2.75) is 38.3 Å². The van der Waals surface area contributed by atoms with Crippen molar-refractivity contribution in [1.29, 1.82) is 0 Å². The number of rotatable bonds is 0. The molecule has 1 nitrogen and oxygen atoms in total. The quantitative estimate of drug-likeness (QED) is 0.603. The van der Waals surface area contributed by atoms with Gasteiger partial charge in [0.05, 0.1) is 0 Å². The van der Waals surface area contributed by atoms with Gasteiger partial charge in [-0.2, -0.15) is 0 Å². The molecule has 1 fully saturated rings. The van der Waals surface area contributed by atoms with Crippen LogP contribution in [0, 0.1) is 0 Å². The standard InChI is InChI=1S/C13H17N/c1-2-6-12-10-14-8-4-3-7-13(14)9-11(12)5-1/h1-2,5-6,13H,3-4,7-10H2. The molecule has 0 saturated carbocycles. The van der Waals surface area contributed by atoms with Crippen LogP contribution in [-0.4, -0.2) is 17.5 Å². The molecule has 74 valence electrons. The van der Waals surface area contributed by atoms with Crippen LogP contribution in [0.2, 0.25) is 0 Å². The Labute approximate surface area is 85.7 Å². The van der Waals surface area contributed by atoms with E-state index in [0.29, 0.717) is 0 Å². The topological polar surface area (TPSA) is 3.24 Å². The lowest BCUT2D eigenvalue weighted by Gasteiger charge is -2.40. The molecule has 2 aliphatic rings. The summed E-state index contributed by atoms with van der Waals surface area (Å²) >= 11 is 0. The van der Waals surface area contributed by atoms with Gasteiger partial charge in [0.15, 0.2) is 0 Å². The number of fused-ring (bicyclic) bond motifs is 2. The van der Waals surface area contributed by atoms with Gasteiger partial charge in [-0.05, 0) is 36.9 Å². The maximum Gasteiger partial charge on any atom is 0.0239 e. The van der Waals surface area contributed by atoms with Gasteiger partial charge in [0.25, 0.3) is 0 Å². The van der Waals surface area contributed by atoms with Crippen LogP contribution in [0.5, 0.6) is 0 Å². The highest BCUT2D eigenvalue weighted by Gasteiger charge is 2.27. The summed E-state index contributed by atoms with van der Waals surface area (Å²) in [5.74, 6) is 0. The van der Waals surface area contributed by atoms with Crippen molar-refractivity contribution in [2.24, 2.45) is 0 Å². The zero-order chi connectivity index (χ0) is 9.38. The third kappa shape index (κ3) is 1.36. The van der Waals surface area contributed by atoms with E-state index in [1.807, 2.05) is 0 Å². The zero-order valence-electron chi connectivity index (χ0n) is 8.58. The summed E-state index contributed by atoms with van der Waals surface area (Å²) in [6.45, 7) is 2.51. The molecule has 0 N–H and O–H groups in total. The monoisotopic (exact) mass is 187 g/mol. The zero-order valence-corrected chi connectivity index (χ0v) is 8.58. The minimum atomic E-state index is 0.846. The summed E-state index contributed by atoms with van der Waals surface area (Å²) in [6.07, 6.45) is 5.53. The Morgan fingerprint density at radius 3 is 2.86 bits per heavy atom. The van der Waals surface area contributed by atoms with Gasteiger partial charge < -0.3 is 0 Å². The molecule has 0 aromatic heterocycles. The van der Waals surface area contributed by atoms with Crippen molar-refractivity contribution in [3.63, 3.8) is 0 Å². The van der Waals surface area contributed by atoms with E-state index in [1.54, 1.807) is 11.1 Å². The van der Waals surface area contributed by atoms with Crippen LogP contribution in [0.15, 0.2) is 24.3 Å². The molecule has 1 aromatic carbocycles. The molecule has 0 aliphatic carbocycles. The Kier molecular flexibility index (Phi) is 2.06. The van der Waals surface area contributed by atoms with Crippen molar-refractivity contribution >= 4 is 0 Å². The Hall–Kier alpha value is -0.820. The van der Waals surface area contributed by atoms with Gasteiger partial charge >= 0.3 is 0 Å². The van der Waals surface area contributed by atoms with Gasteiger partial charge in [0, 0.05) is 12.6 Å². The number of hydrogen-bond acceptors (Lipinski definition) is 1. The number of piperidine rings is 1. The number of nitrogens with zero attached hydrogens (tertiary/aromatic N) is 1. The van der Waals surface area contributed by atoms with Crippen molar-refractivity contribution in [1.82, 2.24) is 4.90 Å². The van der Waals surface area contributed by atoms with Crippen molar-refractivity contribution < 1.29 is 0 Å². The van der Waals surface area contributed by atoms with Gasteiger partial charge in [0.1, 0.15) is 0 Å². The van der Waals surface area contributed by atoms with Gasteiger partial charge in [-0.25, -0.2) is 0 Å². The van der Waals surface area contributed by atoms with E-state index in [1.165, 1.54) is 38.8 Å². The first-order chi connectivity index (χ1) is 6.93. The van der Waals surface area contributed by atoms with Crippen LogP contribution in [0.1, 0.15) is 30.4 Å². The molecular weight excluding hydrogens is 170 g/mol. The second-order valence-corrected chi connectivity index (χ2v) is 4.59. The Morgan fingerprint density at radius 1 is 1.07 bits per heavy atom. The van der Waals surface area contributed by atoms with E-state index in [9.17, 15) is 0 Å². The third-order valence-corrected chi connectivity index (χ3v) is 3.70. The lowest BCUT2D eigenvalue weighted by atomic mass is 9.89. The molecule has 0 radical (unpaired) electrons. The second kappa shape index (κ2) is 3.39. The molecule has 1 unspecified atom stereocenters. The van der Waals surface area contributed by atoms with E-state index in [-0.39, 0.29) is 0 Å². The largest absolute Gasteiger partial charge is 0.296 e. The van der Waals surface area contributed by atoms with Crippen molar-refractivity contribution in [3.05, 3.63) is 35.4 Å². The van der Waals surface area contributed by atoms with Crippen molar-refractivity contribution in [2.75, 3.05) is 6.54 Å². The molecule has 14 heavy (non-hydrogen) atoms. The van der Waals surface area contributed by atoms with E-state index in [2.05, 4.69) is 29.2 Å². The first kappa shape index (κ1) is 8.49. The number of hydrogen-bond donors (Lipinski definition) is 0. The molecule has 2 aliphatic heterocycles. The fraction of sp³-hybridized carbons (Fsp3) is 0.538. The molecule has 1 saturated heterocycles. The predicted molar refractivity (Wildman–Crippen MR) is 58.2 cm³/mol. The van der Waals surface area contributed by atoms with Crippen LogP contribution in [0.25, 0.3) is 0 Å². The fourth-order valence-electron chi connectivity index (χ4n) is 2.88. The molecule has 0 bridgehead atoms. The minimum Gasteiger partial charge on any atom is -0.296 e. The van der Waals surface area contributed by atoms with Crippen LogP contribution >= 0.6 is 0 Å². The summed E-state index contributed by atoms with van der Waals surface area (Å²) in [4.78, 5) is 2.67. The van der Waals surface area contributed by atoms with Crippen LogP contribution < -0.4 is 0 Å². The lowest BCUT2D eigenvalue weighted by Crippen LogP contribution is -2.43. The van der Waals surface area contributed by atoms with Gasteiger partial charge in [-0.1, -0.05) is 30.7 Å². The van der Waals surface area contributed by atoms with Gasteiger partial charge in [-0.3, -0.25) is 4.90 Å². The average molecular weight is 187 g/mol. The third-order valence-electron chi connectivity index (χ3n) is 3.70. The summed E-state index contributed by atoms with van der Waals surface area (Å²) in [5, 5.41) is 0. The second-order valence-electron chi connectivity index (χ2n) is 4.59. The van der Waals surface area contributed by atoms with Crippen LogP contribution in [0.3, 0.4) is 0 Å². The van der Waals surface area contributed by atoms with E-state index in [0.717, 1.165) is 6.04 Å². The Bertz CT molecular complexity index is 299.